The van der Waals surface area contributed by atoms with Crippen molar-refractivity contribution >= 4 is 22.8 Å². The van der Waals surface area contributed by atoms with Crippen LogP contribution in [-0.2, 0) is 11.2 Å². The smallest absolute Gasteiger partial charge is 0.225 e. The number of piperazine rings is 1. The molecule has 0 bridgehead atoms. The first kappa shape index (κ1) is 26.8. The van der Waals surface area contributed by atoms with Crippen molar-refractivity contribution in [3.8, 4) is 17.0 Å². The number of ether oxygens (including phenoxy) is 1. The Hall–Kier alpha value is -4.05. The van der Waals surface area contributed by atoms with E-state index in [9.17, 15) is 4.79 Å². The van der Waals surface area contributed by atoms with E-state index in [0.717, 1.165) is 91.5 Å². The molecule has 1 aromatic carbocycles. The molecule has 0 spiro atoms. The van der Waals surface area contributed by atoms with E-state index in [1.807, 2.05) is 18.3 Å². The van der Waals surface area contributed by atoms with Crippen LogP contribution in [0.4, 0.5) is 5.82 Å². The average Bonchev–Trinajstić information content (AvgIpc) is 3.78. The Morgan fingerprint density at radius 1 is 1.07 bits per heavy atom. The van der Waals surface area contributed by atoms with Crippen LogP contribution in [-0.4, -0.2) is 80.0 Å². The molecule has 2 aliphatic carbocycles. The van der Waals surface area contributed by atoms with Gasteiger partial charge in [-0.05, 0) is 68.9 Å². The number of anilines is 1. The summed E-state index contributed by atoms with van der Waals surface area (Å²) in [5.74, 6) is 2.92. The van der Waals surface area contributed by atoms with Crippen LogP contribution in [0, 0.1) is 5.92 Å². The van der Waals surface area contributed by atoms with E-state index >= 15 is 0 Å². The Bertz CT molecular complexity index is 1590. The molecule has 3 fully saturated rings. The molecule has 1 aliphatic heterocycles. The van der Waals surface area contributed by atoms with Crippen molar-refractivity contribution in [3.63, 3.8) is 0 Å². The Morgan fingerprint density at radius 2 is 1.90 bits per heavy atom. The minimum atomic E-state index is 0.259. The highest BCUT2D eigenvalue weighted by Gasteiger charge is 2.35. The lowest BCUT2D eigenvalue weighted by atomic mass is 9.93. The van der Waals surface area contributed by atoms with E-state index in [0.29, 0.717) is 30.0 Å². The van der Waals surface area contributed by atoms with Gasteiger partial charge in [0.25, 0.3) is 0 Å². The van der Waals surface area contributed by atoms with E-state index in [-0.39, 0.29) is 6.04 Å². The molecule has 10 nitrogen and oxygen atoms in total. The van der Waals surface area contributed by atoms with Gasteiger partial charge in [-0.15, -0.1) is 0 Å². The molecule has 3 aromatic heterocycles. The van der Waals surface area contributed by atoms with Gasteiger partial charge >= 0.3 is 0 Å². The third-order valence-electron chi connectivity index (χ3n) is 9.03. The Labute approximate surface area is 245 Å². The summed E-state index contributed by atoms with van der Waals surface area (Å²) in [5, 5.41) is 3.50. The summed E-state index contributed by atoms with van der Waals surface area (Å²) < 4.78 is 5.76. The monoisotopic (exact) mass is 566 g/mol. The molecule has 1 unspecified atom stereocenters. The van der Waals surface area contributed by atoms with Gasteiger partial charge in [-0.25, -0.2) is 15.0 Å². The molecule has 1 saturated heterocycles. The second-order valence-electron chi connectivity index (χ2n) is 11.9. The highest BCUT2D eigenvalue weighted by Crippen LogP contribution is 2.36. The van der Waals surface area contributed by atoms with Crippen molar-refractivity contribution in [1.29, 1.82) is 0 Å². The number of rotatable bonds is 9. The zero-order valence-corrected chi connectivity index (χ0v) is 24.3. The summed E-state index contributed by atoms with van der Waals surface area (Å²) >= 11 is 0. The fourth-order valence-corrected chi connectivity index (χ4v) is 6.07. The summed E-state index contributed by atoms with van der Waals surface area (Å²) in [6, 6.07) is 11.1. The summed E-state index contributed by atoms with van der Waals surface area (Å²) in [4.78, 5) is 39.0. The maximum atomic E-state index is 12.4. The molecule has 2 N–H and O–H groups in total. The first-order chi connectivity index (χ1) is 20.6. The van der Waals surface area contributed by atoms with Gasteiger partial charge in [-0.1, -0.05) is 6.07 Å². The van der Waals surface area contributed by atoms with Crippen molar-refractivity contribution in [2.75, 3.05) is 38.6 Å². The predicted octanol–water partition coefficient (Wildman–Crippen LogP) is 4.59. The summed E-state index contributed by atoms with van der Waals surface area (Å²) in [5.41, 5.74) is 5.76. The number of carbonyl (C=O) groups excluding carboxylic acids is 1. The van der Waals surface area contributed by atoms with E-state index < -0.39 is 0 Å². The normalized spacial score (nSPS) is 18.6. The molecule has 2 saturated carbocycles. The summed E-state index contributed by atoms with van der Waals surface area (Å²) in [6.45, 7) is 5.68. The lowest BCUT2D eigenvalue weighted by Gasteiger charge is -2.38. The first-order valence-electron chi connectivity index (χ1n) is 15.2. The fraction of sp³-hybridized carbons (Fsp3) is 0.469. The fourth-order valence-electron chi connectivity index (χ4n) is 6.07. The zero-order valence-electron chi connectivity index (χ0n) is 24.3. The molecule has 1 atom stereocenters. The maximum absolute atomic E-state index is 12.4. The van der Waals surface area contributed by atoms with Gasteiger partial charge in [0.1, 0.15) is 17.8 Å². The number of nitrogens with zero attached hydrogens (tertiary/aromatic N) is 6. The van der Waals surface area contributed by atoms with Crippen LogP contribution >= 0.6 is 0 Å². The topological polar surface area (TPSA) is 112 Å². The third-order valence-corrected chi connectivity index (χ3v) is 9.03. The SMILES string of the molecule is COc1c(NC2CCC2)ncnc1-c1ccc2nc(Cc3cc(C(C)N4CCN(C(=O)C5CC5)CC4)ccn3)[nH]c2c1. The van der Waals surface area contributed by atoms with Crippen molar-refractivity contribution in [3.05, 3.63) is 59.9 Å². The minimum absolute atomic E-state index is 0.259. The maximum Gasteiger partial charge on any atom is 0.225 e. The number of H-pyrrole nitrogens is 1. The number of fused-ring (bicyclic) bond motifs is 1. The second kappa shape index (κ2) is 11.3. The highest BCUT2D eigenvalue weighted by molar-refractivity contribution is 5.84. The quantitative estimate of drug-likeness (QED) is 0.303. The Morgan fingerprint density at radius 3 is 2.64 bits per heavy atom. The van der Waals surface area contributed by atoms with Gasteiger partial charge in [0.05, 0.1) is 18.1 Å². The summed E-state index contributed by atoms with van der Waals surface area (Å²) in [7, 11) is 1.67. The van der Waals surface area contributed by atoms with Crippen LogP contribution in [0.2, 0.25) is 0 Å². The number of nitrogens with one attached hydrogen (secondary N) is 2. The summed E-state index contributed by atoms with van der Waals surface area (Å²) in [6.07, 6.45) is 9.79. The number of benzene rings is 1. The lowest BCUT2D eigenvalue weighted by molar-refractivity contribution is -0.134. The molecular formula is C32H38N8O2. The molecule has 0 radical (unpaired) electrons. The molecule has 3 aliphatic rings. The van der Waals surface area contributed by atoms with Gasteiger partial charge in [0.15, 0.2) is 11.6 Å². The number of aromatic amines is 1. The van der Waals surface area contributed by atoms with Crippen LogP contribution in [0.3, 0.4) is 0 Å². The van der Waals surface area contributed by atoms with E-state index in [1.54, 1.807) is 13.4 Å². The molecule has 10 heteroatoms. The predicted molar refractivity (Wildman–Crippen MR) is 161 cm³/mol. The third kappa shape index (κ3) is 5.43. The molecule has 42 heavy (non-hydrogen) atoms. The first-order valence-corrected chi connectivity index (χ1v) is 15.2. The van der Waals surface area contributed by atoms with Gasteiger partial charge in [0, 0.05) is 68.1 Å². The highest BCUT2D eigenvalue weighted by atomic mass is 16.5. The van der Waals surface area contributed by atoms with Crippen LogP contribution in [0.25, 0.3) is 22.3 Å². The zero-order chi connectivity index (χ0) is 28.6. The number of pyridine rings is 1. The Kier molecular flexibility index (Phi) is 7.23. The standard InChI is InChI=1S/C32H38N8O2/c1-20(39-12-14-40(15-13-39)32(41)21-6-7-21)22-10-11-33-25(16-22)18-28-37-26-9-8-23(17-27(26)38-28)29-30(42-2)31(35-19-34-29)36-24-4-3-5-24/h8-11,16-17,19-21,24H,3-7,12-15,18H2,1-2H3,(H,37,38)(H,34,35,36). The second-order valence-corrected chi connectivity index (χ2v) is 11.9. The number of hydrogen-bond donors (Lipinski definition) is 2. The van der Waals surface area contributed by atoms with Gasteiger partial charge in [-0.3, -0.25) is 14.7 Å². The van der Waals surface area contributed by atoms with E-state index in [1.165, 1.54) is 12.0 Å². The number of carbonyl (C=O) groups is 1. The van der Waals surface area contributed by atoms with Gasteiger partial charge in [0.2, 0.25) is 5.91 Å². The van der Waals surface area contributed by atoms with Gasteiger partial charge < -0.3 is 19.9 Å². The number of aromatic nitrogens is 5. The van der Waals surface area contributed by atoms with Crippen LogP contribution in [0.15, 0.2) is 42.9 Å². The van der Waals surface area contributed by atoms with E-state index in [2.05, 4.69) is 60.2 Å². The molecule has 4 aromatic rings. The minimum Gasteiger partial charge on any atom is -0.491 e. The van der Waals surface area contributed by atoms with Crippen LogP contribution in [0.5, 0.6) is 5.75 Å². The van der Waals surface area contributed by atoms with Crippen molar-refractivity contribution in [2.24, 2.45) is 5.92 Å². The molecule has 4 heterocycles. The lowest BCUT2D eigenvalue weighted by Crippen LogP contribution is -2.49. The van der Waals surface area contributed by atoms with Crippen molar-refractivity contribution < 1.29 is 9.53 Å². The number of amides is 1. The number of hydrogen-bond acceptors (Lipinski definition) is 8. The van der Waals surface area contributed by atoms with Gasteiger partial charge in [-0.2, -0.15) is 0 Å². The largest absolute Gasteiger partial charge is 0.491 e. The van der Waals surface area contributed by atoms with Crippen LogP contribution in [0.1, 0.15) is 62.2 Å². The average molecular weight is 567 g/mol. The molecule has 1 amide bonds. The Balaban J connectivity index is 1.05. The number of methoxy groups -OCH3 is 1. The molecule has 7 rings (SSSR count). The van der Waals surface area contributed by atoms with Crippen molar-refractivity contribution in [2.45, 2.75) is 57.5 Å². The van der Waals surface area contributed by atoms with Crippen molar-refractivity contribution in [1.82, 2.24) is 34.7 Å². The molecular weight excluding hydrogens is 528 g/mol. The number of imidazole rings is 1. The van der Waals surface area contributed by atoms with Crippen LogP contribution < -0.4 is 10.1 Å². The van der Waals surface area contributed by atoms with E-state index in [4.69, 9.17) is 9.72 Å². The molecule has 218 valence electrons.